The second-order valence-corrected chi connectivity index (χ2v) is 7.09. The molecular weight excluding hydrogens is 270 g/mol. The lowest BCUT2D eigenvalue weighted by atomic mass is 10.0. The summed E-state index contributed by atoms with van der Waals surface area (Å²) < 4.78 is 5.46. The van der Waals surface area contributed by atoms with Crippen LogP contribution >= 0.6 is 11.8 Å². The fourth-order valence-electron chi connectivity index (χ4n) is 2.82. The lowest BCUT2D eigenvalue weighted by Gasteiger charge is -2.26. The highest BCUT2D eigenvalue weighted by Crippen LogP contribution is 2.22. The molecule has 0 aliphatic carbocycles. The Hall–Kier alpha value is -0.420. The molecule has 0 bridgehead atoms. The molecule has 2 rings (SSSR count). The van der Waals surface area contributed by atoms with Gasteiger partial charge in [-0.05, 0) is 43.6 Å². The second kappa shape index (κ2) is 8.78. The van der Waals surface area contributed by atoms with Crippen LogP contribution in [0.4, 0.5) is 0 Å². The molecular formula is C15H29N3OS. The monoisotopic (exact) mass is 299 g/mol. The zero-order valence-corrected chi connectivity index (χ0v) is 13.8. The van der Waals surface area contributed by atoms with Gasteiger partial charge in [0.15, 0.2) is 5.96 Å². The number of nitrogens with one attached hydrogen (secondary N) is 1. The topological polar surface area (TPSA) is 36.9 Å². The Bertz CT molecular complexity index is 299. The number of thioether (sulfide) groups is 1. The summed E-state index contributed by atoms with van der Waals surface area (Å²) in [6.45, 7) is 6.93. The first-order valence-electron chi connectivity index (χ1n) is 7.94. The summed E-state index contributed by atoms with van der Waals surface area (Å²) in [6.07, 6.45) is 3.84. The summed E-state index contributed by atoms with van der Waals surface area (Å²) in [7, 11) is 2.15. The lowest BCUT2D eigenvalue weighted by molar-refractivity contribution is 0.181. The summed E-state index contributed by atoms with van der Waals surface area (Å²) in [5, 5.41) is 3.43. The van der Waals surface area contributed by atoms with Crippen molar-refractivity contribution in [1.82, 2.24) is 10.2 Å². The highest BCUT2D eigenvalue weighted by molar-refractivity contribution is 7.99. The third kappa shape index (κ3) is 5.17. The van der Waals surface area contributed by atoms with Gasteiger partial charge in [0.25, 0.3) is 0 Å². The van der Waals surface area contributed by atoms with E-state index in [1.807, 2.05) is 0 Å². The molecule has 2 aliphatic rings. The first-order valence-corrected chi connectivity index (χ1v) is 9.10. The van der Waals surface area contributed by atoms with Gasteiger partial charge in [-0.3, -0.25) is 4.99 Å². The van der Waals surface area contributed by atoms with E-state index >= 15 is 0 Å². The molecule has 116 valence electrons. The molecule has 5 heteroatoms. The van der Waals surface area contributed by atoms with Crippen molar-refractivity contribution >= 4 is 17.7 Å². The molecule has 0 spiro atoms. The fourth-order valence-corrected chi connectivity index (χ4v) is 4.02. The number of aliphatic imine (C=N–C) groups is 1. The molecule has 2 fully saturated rings. The van der Waals surface area contributed by atoms with Gasteiger partial charge >= 0.3 is 0 Å². The third-order valence-corrected chi connectivity index (χ3v) is 5.14. The predicted molar refractivity (Wildman–Crippen MR) is 87.6 cm³/mol. The van der Waals surface area contributed by atoms with Gasteiger partial charge in [0, 0.05) is 39.2 Å². The van der Waals surface area contributed by atoms with Crippen LogP contribution in [-0.4, -0.2) is 62.3 Å². The molecule has 20 heavy (non-hydrogen) atoms. The quantitative estimate of drug-likeness (QED) is 0.623. The van der Waals surface area contributed by atoms with Crippen molar-refractivity contribution in [2.24, 2.45) is 16.8 Å². The number of nitrogens with zero attached hydrogens (tertiary/aromatic N) is 2. The van der Waals surface area contributed by atoms with Crippen molar-refractivity contribution in [3.05, 3.63) is 0 Å². The van der Waals surface area contributed by atoms with Crippen molar-refractivity contribution in [2.75, 3.05) is 51.4 Å². The Morgan fingerprint density at radius 3 is 2.75 bits per heavy atom. The Morgan fingerprint density at radius 1 is 1.30 bits per heavy atom. The SMILES string of the molecule is CCNC(=NCC1CCSCC1)N(C)CC1CCOC1. The lowest BCUT2D eigenvalue weighted by Crippen LogP contribution is -2.41. The standard InChI is InChI=1S/C15H29N3OS/c1-3-16-15(17-10-13-5-8-20-9-6-13)18(2)11-14-4-7-19-12-14/h13-14H,3-12H2,1-2H3,(H,16,17). The zero-order chi connectivity index (χ0) is 14.2. The Labute approximate surface area is 127 Å². The average molecular weight is 299 g/mol. The van der Waals surface area contributed by atoms with E-state index in [4.69, 9.17) is 9.73 Å². The van der Waals surface area contributed by atoms with Gasteiger partial charge in [0.2, 0.25) is 0 Å². The van der Waals surface area contributed by atoms with Crippen LogP contribution in [0.2, 0.25) is 0 Å². The van der Waals surface area contributed by atoms with Gasteiger partial charge in [0.05, 0.1) is 6.61 Å². The van der Waals surface area contributed by atoms with E-state index in [9.17, 15) is 0 Å². The van der Waals surface area contributed by atoms with Crippen LogP contribution in [0.5, 0.6) is 0 Å². The van der Waals surface area contributed by atoms with Crippen LogP contribution in [-0.2, 0) is 4.74 Å². The normalized spacial score (nSPS) is 24.9. The number of hydrogen-bond donors (Lipinski definition) is 1. The first kappa shape index (κ1) is 16.0. The van der Waals surface area contributed by atoms with Crippen LogP contribution < -0.4 is 5.32 Å². The van der Waals surface area contributed by atoms with Gasteiger partial charge in [0.1, 0.15) is 0 Å². The van der Waals surface area contributed by atoms with Crippen molar-refractivity contribution in [3.8, 4) is 0 Å². The summed E-state index contributed by atoms with van der Waals surface area (Å²) >= 11 is 2.08. The molecule has 1 N–H and O–H groups in total. The van der Waals surface area contributed by atoms with Crippen molar-refractivity contribution in [1.29, 1.82) is 0 Å². The highest BCUT2D eigenvalue weighted by Gasteiger charge is 2.19. The second-order valence-electron chi connectivity index (χ2n) is 5.86. The highest BCUT2D eigenvalue weighted by atomic mass is 32.2. The number of guanidine groups is 1. The van der Waals surface area contributed by atoms with Crippen LogP contribution in [0, 0.1) is 11.8 Å². The van der Waals surface area contributed by atoms with Crippen molar-refractivity contribution in [2.45, 2.75) is 26.2 Å². The van der Waals surface area contributed by atoms with E-state index < -0.39 is 0 Å². The minimum atomic E-state index is 0.662. The number of rotatable bonds is 5. The van der Waals surface area contributed by atoms with E-state index in [0.717, 1.165) is 44.7 Å². The van der Waals surface area contributed by atoms with Gasteiger partial charge in [-0.1, -0.05) is 0 Å². The average Bonchev–Trinajstić information content (AvgIpc) is 2.97. The number of ether oxygens (including phenoxy) is 1. The molecule has 1 unspecified atom stereocenters. The third-order valence-electron chi connectivity index (χ3n) is 4.09. The maximum absolute atomic E-state index is 5.46. The predicted octanol–water partition coefficient (Wildman–Crippen LogP) is 2.06. The van der Waals surface area contributed by atoms with Crippen molar-refractivity contribution < 1.29 is 4.74 Å². The van der Waals surface area contributed by atoms with E-state index in [-0.39, 0.29) is 0 Å². The van der Waals surface area contributed by atoms with Crippen LogP contribution in [0.15, 0.2) is 4.99 Å². The van der Waals surface area contributed by atoms with Gasteiger partial charge < -0.3 is 15.0 Å². The van der Waals surface area contributed by atoms with E-state index in [1.54, 1.807) is 0 Å². The molecule has 0 aromatic rings. The van der Waals surface area contributed by atoms with Gasteiger partial charge in [-0.25, -0.2) is 0 Å². The molecule has 4 nitrogen and oxygen atoms in total. The van der Waals surface area contributed by atoms with Crippen LogP contribution in [0.1, 0.15) is 26.2 Å². The smallest absolute Gasteiger partial charge is 0.193 e. The molecule has 1 atom stereocenters. The summed E-state index contributed by atoms with van der Waals surface area (Å²) in [5.74, 6) is 5.14. The van der Waals surface area contributed by atoms with E-state index in [0.29, 0.717) is 5.92 Å². The zero-order valence-electron chi connectivity index (χ0n) is 12.9. The van der Waals surface area contributed by atoms with Crippen LogP contribution in [0.25, 0.3) is 0 Å². The van der Waals surface area contributed by atoms with Crippen LogP contribution in [0.3, 0.4) is 0 Å². The number of hydrogen-bond acceptors (Lipinski definition) is 3. The maximum Gasteiger partial charge on any atom is 0.193 e. The maximum atomic E-state index is 5.46. The summed E-state index contributed by atoms with van der Waals surface area (Å²) in [5.41, 5.74) is 0. The molecule has 0 radical (unpaired) electrons. The van der Waals surface area contributed by atoms with Gasteiger partial charge in [-0.2, -0.15) is 11.8 Å². The molecule has 2 aliphatic heterocycles. The Morgan fingerprint density at radius 2 is 2.10 bits per heavy atom. The Kier molecular flexibility index (Phi) is 7.00. The van der Waals surface area contributed by atoms with Gasteiger partial charge in [-0.15, -0.1) is 0 Å². The molecule has 2 saturated heterocycles. The first-order chi connectivity index (χ1) is 9.79. The largest absolute Gasteiger partial charge is 0.381 e. The van der Waals surface area contributed by atoms with E-state index in [2.05, 4.69) is 35.9 Å². The molecule has 2 heterocycles. The summed E-state index contributed by atoms with van der Waals surface area (Å²) in [6, 6.07) is 0. The fraction of sp³-hybridized carbons (Fsp3) is 0.933. The molecule has 0 amide bonds. The molecule has 0 aromatic carbocycles. The van der Waals surface area contributed by atoms with E-state index in [1.165, 1.54) is 30.8 Å². The minimum Gasteiger partial charge on any atom is -0.381 e. The minimum absolute atomic E-state index is 0.662. The summed E-state index contributed by atoms with van der Waals surface area (Å²) in [4.78, 5) is 7.14. The van der Waals surface area contributed by atoms with Crippen molar-refractivity contribution in [3.63, 3.8) is 0 Å². The molecule has 0 saturated carbocycles. The molecule has 0 aromatic heterocycles. The Balaban J connectivity index is 1.83.